The van der Waals surface area contributed by atoms with Crippen LogP contribution in [0.4, 0.5) is 0 Å². The number of allylic oxidation sites excluding steroid dienone is 1. The van der Waals surface area contributed by atoms with Crippen LogP contribution in [-0.4, -0.2) is 23.7 Å². The Hall–Kier alpha value is -3.11. The van der Waals surface area contributed by atoms with Crippen LogP contribution in [0.25, 0.3) is 22.6 Å². The molecule has 1 aromatic heterocycles. The fourth-order valence-electron chi connectivity index (χ4n) is 2.61. The first-order chi connectivity index (χ1) is 13.0. The third kappa shape index (κ3) is 4.01. The van der Waals surface area contributed by atoms with Gasteiger partial charge < -0.3 is 14.5 Å². The van der Waals surface area contributed by atoms with Crippen LogP contribution in [0.15, 0.2) is 45.7 Å². The molecule has 0 saturated heterocycles. The van der Waals surface area contributed by atoms with E-state index >= 15 is 0 Å². The number of halogens is 1. The molecule has 7 heteroatoms. The third-order valence-corrected chi connectivity index (χ3v) is 4.33. The molecular formula is C20H16BrN3O3. The molecule has 0 radical (unpaired) electrons. The molecule has 3 rings (SSSR count). The summed E-state index contributed by atoms with van der Waals surface area (Å²) in [4.78, 5) is 19.4. The summed E-state index contributed by atoms with van der Waals surface area (Å²) in [6.07, 6.45) is 1.64. The molecule has 0 aliphatic rings. The Morgan fingerprint density at radius 2 is 2.11 bits per heavy atom. The Bertz CT molecular complexity index is 1130. The maximum absolute atomic E-state index is 12.4. The number of aromatic nitrogens is 2. The maximum Gasteiger partial charge on any atom is 0.259 e. The average Bonchev–Trinajstić information content (AvgIpc) is 2.67. The van der Waals surface area contributed by atoms with Crippen molar-refractivity contribution in [3.8, 4) is 17.6 Å². The van der Waals surface area contributed by atoms with Crippen LogP contribution < -0.4 is 15.0 Å². The Labute approximate surface area is 164 Å². The van der Waals surface area contributed by atoms with Crippen molar-refractivity contribution < 1.29 is 9.47 Å². The SMILES string of the molecule is CCOc1cc(/C=C(\C#N)c2nc3ccc(Br)cc3c(=O)[nH]2)ccc1OC. The topological polar surface area (TPSA) is 88.0 Å². The van der Waals surface area contributed by atoms with Gasteiger partial charge in [-0.05, 0) is 48.9 Å². The summed E-state index contributed by atoms with van der Waals surface area (Å²) in [5.41, 5.74) is 1.18. The molecule has 6 nitrogen and oxygen atoms in total. The predicted octanol–water partition coefficient (Wildman–Crippen LogP) is 4.16. The molecule has 136 valence electrons. The number of hydrogen-bond acceptors (Lipinski definition) is 5. The summed E-state index contributed by atoms with van der Waals surface area (Å²) < 4.78 is 11.6. The number of aromatic amines is 1. The lowest BCUT2D eigenvalue weighted by molar-refractivity contribution is 0.311. The zero-order valence-corrected chi connectivity index (χ0v) is 16.3. The molecule has 0 spiro atoms. The van der Waals surface area contributed by atoms with E-state index in [-0.39, 0.29) is 17.0 Å². The molecule has 1 N–H and O–H groups in total. The van der Waals surface area contributed by atoms with Crippen molar-refractivity contribution in [2.75, 3.05) is 13.7 Å². The quantitative estimate of drug-likeness (QED) is 0.620. The highest BCUT2D eigenvalue weighted by atomic mass is 79.9. The lowest BCUT2D eigenvalue weighted by Gasteiger charge is -2.10. The minimum atomic E-state index is -0.304. The monoisotopic (exact) mass is 425 g/mol. The second kappa shape index (κ2) is 8.06. The Morgan fingerprint density at radius 3 is 2.81 bits per heavy atom. The van der Waals surface area contributed by atoms with Gasteiger partial charge in [0.2, 0.25) is 0 Å². The minimum absolute atomic E-state index is 0.214. The zero-order valence-electron chi connectivity index (χ0n) is 14.7. The van der Waals surface area contributed by atoms with Crippen LogP contribution >= 0.6 is 15.9 Å². The predicted molar refractivity (Wildman–Crippen MR) is 108 cm³/mol. The first-order valence-electron chi connectivity index (χ1n) is 8.18. The molecule has 2 aromatic carbocycles. The number of nitrogens with one attached hydrogen (secondary N) is 1. The van der Waals surface area contributed by atoms with Crippen molar-refractivity contribution in [2.24, 2.45) is 0 Å². The highest BCUT2D eigenvalue weighted by molar-refractivity contribution is 9.10. The number of ether oxygens (including phenoxy) is 2. The molecule has 0 atom stereocenters. The van der Waals surface area contributed by atoms with Gasteiger partial charge >= 0.3 is 0 Å². The summed E-state index contributed by atoms with van der Waals surface area (Å²) in [5, 5.41) is 10.0. The standard InChI is InChI=1S/C20H16BrN3O3/c1-3-27-18-9-12(4-7-17(18)26-2)8-13(11-22)19-23-16-6-5-14(21)10-15(16)20(25)24-19/h4-10H,3H2,1-2H3,(H,23,24,25)/b13-8+. The first kappa shape index (κ1) is 18.7. The van der Waals surface area contributed by atoms with Gasteiger partial charge in [0.25, 0.3) is 5.56 Å². The molecule has 1 heterocycles. The van der Waals surface area contributed by atoms with E-state index in [4.69, 9.17) is 9.47 Å². The van der Waals surface area contributed by atoms with Gasteiger partial charge in [0.1, 0.15) is 6.07 Å². The third-order valence-electron chi connectivity index (χ3n) is 3.84. The van der Waals surface area contributed by atoms with Gasteiger partial charge in [-0.1, -0.05) is 22.0 Å². The van der Waals surface area contributed by atoms with Crippen LogP contribution in [0.3, 0.4) is 0 Å². The smallest absolute Gasteiger partial charge is 0.259 e. The highest BCUT2D eigenvalue weighted by Gasteiger charge is 2.10. The number of nitrogens with zero attached hydrogens (tertiary/aromatic N) is 2. The van der Waals surface area contributed by atoms with Gasteiger partial charge in [-0.15, -0.1) is 0 Å². The van der Waals surface area contributed by atoms with Crippen LogP contribution in [0.5, 0.6) is 11.5 Å². The Balaban J connectivity index is 2.09. The van der Waals surface area contributed by atoms with Gasteiger partial charge in [-0.3, -0.25) is 4.79 Å². The molecule has 0 aliphatic carbocycles. The number of rotatable bonds is 5. The van der Waals surface area contributed by atoms with Gasteiger partial charge in [-0.2, -0.15) is 5.26 Å². The Kier molecular flexibility index (Phi) is 5.57. The number of hydrogen-bond donors (Lipinski definition) is 1. The number of methoxy groups -OCH3 is 1. The van der Waals surface area contributed by atoms with Crippen LogP contribution in [0.1, 0.15) is 18.3 Å². The largest absolute Gasteiger partial charge is 0.493 e. The first-order valence-corrected chi connectivity index (χ1v) is 8.97. The van der Waals surface area contributed by atoms with E-state index in [1.165, 1.54) is 0 Å². The van der Waals surface area contributed by atoms with Crippen LogP contribution in [-0.2, 0) is 0 Å². The minimum Gasteiger partial charge on any atom is -0.493 e. The lowest BCUT2D eigenvalue weighted by atomic mass is 10.1. The van der Waals surface area contributed by atoms with Crippen molar-refractivity contribution in [1.29, 1.82) is 5.26 Å². The van der Waals surface area contributed by atoms with Crippen molar-refractivity contribution in [1.82, 2.24) is 9.97 Å². The summed E-state index contributed by atoms with van der Waals surface area (Å²) in [5.74, 6) is 1.40. The zero-order chi connectivity index (χ0) is 19.4. The second-order valence-electron chi connectivity index (χ2n) is 5.59. The second-order valence-corrected chi connectivity index (χ2v) is 6.50. The molecule has 27 heavy (non-hydrogen) atoms. The van der Waals surface area contributed by atoms with E-state index in [0.29, 0.717) is 29.0 Å². The average molecular weight is 426 g/mol. The number of nitriles is 1. The molecular weight excluding hydrogens is 410 g/mol. The maximum atomic E-state index is 12.4. The fourth-order valence-corrected chi connectivity index (χ4v) is 2.97. The van der Waals surface area contributed by atoms with Crippen molar-refractivity contribution >= 4 is 38.5 Å². The van der Waals surface area contributed by atoms with E-state index in [1.807, 2.05) is 6.92 Å². The van der Waals surface area contributed by atoms with Gasteiger partial charge in [-0.25, -0.2) is 4.98 Å². The van der Waals surface area contributed by atoms with E-state index in [1.54, 1.807) is 49.6 Å². The van der Waals surface area contributed by atoms with Crippen LogP contribution in [0.2, 0.25) is 0 Å². The summed E-state index contributed by atoms with van der Waals surface area (Å²) in [7, 11) is 1.57. The van der Waals surface area contributed by atoms with E-state index in [2.05, 4.69) is 32.0 Å². The normalized spacial score (nSPS) is 11.3. The van der Waals surface area contributed by atoms with Crippen LogP contribution in [0, 0.1) is 11.3 Å². The molecule has 0 unspecified atom stereocenters. The summed E-state index contributed by atoms with van der Waals surface area (Å²) in [6.45, 7) is 2.37. The van der Waals surface area contributed by atoms with Gasteiger partial charge in [0.15, 0.2) is 17.3 Å². The van der Waals surface area contributed by atoms with Crippen molar-refractivity contribution in [3.05, 3.63) is 62.6 Å². The molecule has 3 aromatic rings. The summed E-state index contributed by atoms with van der Waals surface area (Å²) >= 11 is 3.34. The number of benzene rings is 2. The lowest BCUT2D eigenvalue weighted by Crippen LogP contribution is -2.11. The van der Waals surface area contributed by atoms with Crippen molar-refractivity contribution in [2.45, 2.75) is 6.92 Å². The molecule has 0 fully saturated rings. The highest BCUT2D eigenvalue weighted by Crippen LogP contribution is 2.29. The fraction of sp³-hybridized carbons (Fsp3) is 0.150. The molecule has 0 amide bonds. The van der Waals surface area contributed by atoms with E-state index < -0.39 is 0 Å². The number of fused-ring (bicyclic) bond motifs is 1. The summed E-state index contributed by atoms with van der Waals surface area (Å²) in [6, 6.07) is 12.7. The van der Waals surface area contributed by atoms with Gasteiger partial charge in [0.05, 0.1) is 30.2 Å². The van der Waals surface area contributed by atoms with E-state index in [9.17, 15) is 10.1 Å². The Morgan fingerprint density at radius 1 is 1.30 bits per heavy atom. The van der Waals surface area contributed by atoms with Gasteiger partial charge in [0, 0.05) is 4.47 Å². The van der Waals surface area contributed by atoms with E-state index in [0.717, 1.165) is 10.0 Å². The number of H-pyrrole nitrogens is 1. The van der Waals surface area contributed by atoms with Crippen molar-refractivity contribution in [3.63, 3.8) is 0 Å². The molecule has 0 saturated carbocycles. The molecule has 0 aliphatic heterocycles. The molecule has 0 bridgehead atoms.